The lowest BCUT2D eigenvalue weighted by Gasteiger charge is -2.15. The van der Waals surface area contributed by atoms with Crippen LogP contribution in [0.4, 0.5) is 0 Å². The zero-order valence-corrected chi connectivity index (χ0v) is 12.6. The predicted molar refractivity (Wildman–Crippen MR) is 75.3 cm³/mol. The van der Waals surface area contributed by atoms with Crippen molar-refractivity contribution in [2.75, 3.05) is 39.0 Å². The van der Waals surface area contributed by atoms with Crippen LogP contribution >= 0.6 is 0 Å². The highest BCUT2D eigenvalue weighted by Crippen LogP contribution is 2.27. The summed E-state index contributed by atoms with van der Waals surface area (Å²) in [6, 6.07) is 0. The Balaban J connectivity index is 2.01. The maximum absolute atomic E-state index is 11.5. The second kappa shape index (κ2) is 7.81. The maximum Gasteiger partial charge on any atom is 0.233 e. The summed E-state index contributed by atoms with van der Waals surface area (Å²) in [5.74, 6) is 0.850. The van der Waals surface area contributed by atoms with Crippen LogP contribution in [0.3, 0.4) is 0 Å². The Labute approximate surface area is 116 Å². The summed E-state index contributed by atoms with van der Waals surface area (Å²) in [5.41, 5.74) is 0. The van der Waals surface area contributed by atoms with Crippen molar-refractivity contribution >= 4 is 15.9 Å². The van der Waals surface area contributed by atoms with Gasteiger partial charge >= 0.3 is 0 Å². The summed E-state index contributed by atoms with van der Waals surface area (Å²) >= 11 is 0. The molecular weight excluding hydrogens is 266 g/mol. The van der Waals surface area contributed by atoms with Gasteiger partial charge in [0.15, 0.2) is 0 Å². The molecule has 0 unspecified atom stereocenters. The van der Waals surface area contributed by atoms with Crippen LogP contribution in [0.5, 0.6) is 0 Å². The fourth-order valence-electron chi connectivity index (χ4n) is 1.66. The van der Waals surface area contributed by atoms with Crippen molar-refractivity contribution < 1.29 is 13.2 Å². The summed E-state index contributed by atoms with van der Waals surface area (Å²) in [6.45, 7) is 3.84. The van der Waals surface area contributed by atoms with Crippen molar-refractivity contribution in [3.63, 3.8) is 0 Å². The van der Waals surface area contributed by atoms with E-state index in [4.69, 9.17) is 0 Å². The molecule has 7 heteroatoms. The summed E-state index contributed by atoms with van der Waals surface area (Å²) in [6.07, 6.45) is 3.17. The van der Waals surface area contributed by atoms with E-state index in [1.807, 2.05) is 0 Å². The summed E-state index contributed by atoms with van der Waals surface area (Å²) in [4.78, 5) is 11.4. The molecule has 112 valence electrons. The molecule has 1 fully saturated rings. The third-order valence-electron chi connectivity index (χ3n) is 3.23. The number of rotatable bonds is 10. The second-order valence-electron chi connectivity index (χ2n) is 5.00. The number of amides is 1. The molecule has 0 aromatic rings. The van der Waals surface area contributed by atoms with Crippen LogP contribution in [0, 0.1) is 5.92 Å². The van der Waals surface area contributed by atoms with E-state index in [1.165, 1.54) is 17.1 Å². The Morgan fingerprint density at radius 2 is 2.05 bits per heavy atom. The van der Waals surface area contributed by atoms with Gasteiger partial charge in [-0.1, -0.05) is 0 Å². The van der Waals surface area contributed by atoms with Gasteiger partial charge in [-0.2, -0.15) is 0 Å². The average Bonchev–Trinajstić information content (AvgIpc) is 3.18. The first-order valence-corrected chi connectivity index (χ1v) is 8.48. The lowest BCUT2D eigenvalue weighted by molar-refractivity contribution is -0.120. The molecule has 0 bridgehead atoms. The van der Waals surface area contributed by atoms with Gasteiger partial charge in [-0.05, 0) is 38.6 Å². The van der Waals surface area contributed by atoms with Gasteiger partial charge in [-0.25, -0.2) is 12.7 Å². The molecule has 1 aliphatic carbocycles. The fraction of sp³-hybridized carbons (Fsp3) is 0.917. The van der Waals surface area contributed by atoms with E-state index >= 15 is 0 Å². The zero-order valence-electron chi connectivity index (χ0n) is 11.8. The maximum atomic E-state index is 11.5. The Kier molecular flexibility index (Phi) is 6.74. The molecule has 0 radical (unpaired) electrons. The summed E-state index contributed by atoms with van der Waals surface area (Å²) in [5, 5.41) is 5.89. The van der Waals surface area contributed by atoms with E-state index in [0.29, 0.717) is 26.1 Å². The van der Waals surface area contributed by atoms with E-state index in [0.717, 1.165) is 12.5 Å². The second-order valence-corrected chi connectivity index (χ2v) is 7.36. The largest absolute Gasteiger partial charge is 0.355 e. The molecular formula is C12H25N3O3S. The molecule has 1 amide bonds. The van der Waals surface area contributed by atoms with E-state index in [1.54, 1.807) is 14.0 Å². The number of carbonyl (C=O) groups is 1. The Bertz CT molecular complexity index is 380. The predicted octanol–water partition coefficient (Wildman–Crippen LogP) is -0.226. The topological polar surface area (TPSA) is 78.5 Å². The average molecular weight is 291 g/mol. The van der Waals surface area contributed by atoms with E-state index in [9.17, 15) is 13.2 Å². The quantitative estimate of drug-likeness (QED) is 0.545. The van der Waals surface area contributed by atoms with Gasteiger partial charge in [0.25, 0.3) is 0 Å². The van der Waals surface area contributed by atoms with Gasteiger partial charge in [-0.3, -0.25) is 4.79 Å². The monoisotopic (exact) mass is 291 g/mol. The molecule has 0 aromatic heterocycles. The Hall–Kier alpha value is -0.660. The van der Waals surface area contributed by atoms with Gasteiger partial charge in [0.2, 0.25) is 15.9 Å². The number of nitrogens with zero attached hydrogens (tertiary/aromatic N) is 1. The molecule has 0 saturated heterocycles. The van der Waals surface area contributed by atoms with Gasteiger partial charge in [-0.15, -0.1) is 0 Å². The molecule has 6 nitrogen and oxygen atoms in total. The molecule has 19 heavy (non-hydrogen) atoms. The van der Waals surface area contributed by atoms with E-state index in [2.05, 4.69) is 10.6 Å². The van der Waals surface area contributed by atoms with E-state index in [-0.39, 0.29) is 11.7 Å². The van der Waals surface area contributed by atoms with Crippen LogP contribution in [0.25, 0.3) is 0 Å². The molecule has 0 spiro atoms. The first kappa shape index (κ1) is 16.4. The van der Waals surface area contributed by atoms with Crippen LogP contribution < -0.4 is 10.6 Å². The third kappa shape index (κ3) is 6.89. The number of nitrogens with one attached hydrogen (secondary N) is 2. The molecule has 1 saturated carbocycles. The van der Waals surface area contributed by atoms with E-state index < -0.39 is 10.0 Å². The summed E-state index contributed by atoms with van der Waals surface area (Å²) < 4.78 is 24.3. The van der Waals surface area contributed by atoms with Crippen molar-refractivity contribution in [2.45, 2.75) is 26.2 Å². The van der Waals surface area contributed by atoms with Crippen molar-refractivity contribution in [3.05, 3.63) is 0 Å². The highest BCUT2D eigenvalue weighted by atomic mass is 32.2. The standard InChI is InChI=1S/C12H25N3O3S/c1-3-19(17,18)15(2)8-4-7-14-12(16)10-13-9-11-5-6-11/h11,13H,3-10H2,1-2H3,(H,14,16). The molecule has 0 aliphatic heterocycles. The van der Waals surface area contributed by atoms with Crippen molar-refractivity contribution in [1.82, 2.24) is 14.9 Å². The van der Waals surface area contributed by atoms with Gasteiger partial charge in [0.1, 0.15) is 0 Å². The minimum Gasteiger partial charge on any atom is -0.355 e. The number of carbonyl (C=O) groups excluding carboxylic acids is 1. The molecule has 2 N–H and O–H groups in total. The summed E-state index contributed by atoms with van der Waals surface area (Å²) in [7, 11) is -1.54. The normalized spacial score (nSPS) is 15.7. The SMILES string of the molecule is CCS(=O)(=O)N(C)CCCNC(=O)CNCC1CC1. The van der Waals surface area contributed by atoms with Crippen LogP contribution in [0.15, 0.2) is 0 Å². The first-order chi connectivity index (χ1) is 8.95. The number of sulfonamides is 1. The molecule has 0 heterocycles. The smallest absolute Gasteiger partial charge is 0.233 e. The van der Waals surface area contributed by atoms with Crippen molar-refractivity contribution in [2.24, 2.45) is 5.92 Å². The van der Waals surface area contributed by atoms with Crippen molar-refractivity contribution in [3.8, 4) is 0 Å². The Morgan fingerprint density at radius 1 is 1.37 bits per heavy atom. The minimum absolute atomic E-state index is 0.0262. The van der Waals surface area contributed by atoms with Crippen molar-refractivity contribution in [1.29, 1.82) is 0 Å². The molecule has 1 aliphatic rings. The van der Waals surface area contributed by atoms with Gasteiger partial charge in [0.05, 0.1) is 12.3 Å². The molecule has 1 rings (SSSR count). The molecule has 0 atom stereocenters. The lowest BCUT2D eigenvalue weighted by Crippen LogP contribution is -2.36. The lowest BCUT2D eigenvalue weighted by atomic mass is 10.4. The fourth-order valence-corrected chi connectivity index (χ4v) is 2.51. The Morgan fingerprint density at radius 3 is 2.63 bits per heavy atom. The number of hydrogen-bond acceptors (Lipinski definition) is 4. The first-order valence-electron chi connectivity index (χ1n) is 6.87. The zero-order chi connectivity index (χ0) is 14.3. The van der Waals surface area contributed by atoms with Gasteiger partial charge < -0.3 is 10.6 Å². The van der Waals surface area contributed by atoms with Crippen LogP contribution in [0.1, 0.15) is 26.2 Å². The van der Waals surface area contributed by atoms with Crippen LogP contribution in [-0.4, -0.2) is 57.6 Å². The van der Waals surface area contributed by atoms with Gasteiger partial charge in [0, 0.05) is 20.1 Å². The van der Waals surface area contributed by atoms with Crippen LogP contribution in [0.2, 0.25) is 0 Å². The highest BCUT2D eigenvalue weighted by molar-refractivity contribution is 7.89. The number of hydrogen-bond donors (Lipinski definition) is 2. The minimum atomic E-state index is -3.11. The molecule has 0 aromatic carbocycles. The highest BCUT2D eigenvalue weighted by Gasteiger charge is 2.20. The third-order valence-corrected chi connectivity index (χ3v) is 5.09. The van der Waals surface area contributed by atoms with Crippen LogP contribution in [-0.2, 0) is 14.8 Å².